The molecule has 1 amide bonds. The second-order valence-electron chi connectivity index (χ2n) is 6.57. The fourth-order valence-corrected chi connectivity index (χ4v) is 3.09. The van der Waals surface area contributed by atoms with Crippen LogP contribution in [0.5, 0.6) is 0 Å². The molecule has 0 aliphatic carbocycles. The highest BCUT2D eigenvalue weighted by Crippen LogP contribution is 2.21. The quantitative estimate of drug-likeness (QED) is 0.845. The van der Waals surface area contributed by atoms with Crippen LogP contribution in [0, 0.1) is 5.92 Å². The Bertz CT molecular complexity index is 299. The van der Waals surface area contributed by atoms with E-state index in [0.717, 1.165) is 45.2 Å². The lowest BCUT2D eigenvalue weighted by molar-refractivity contribution is -0.133. The molecule has 0 bridgehead atoms. The van der Waals surface area contributed by atoms with Crippen molar-refractivity contribution in [3.8, 4) is 0 Å². The fourth-order valence-electron chi connectivity index (χ4n) is 3.09. The number of piperazine rings is 1. The molecule has 4 nitrogen and oxygen atoms in total. The van der Waals surface area contributed by atoms with Gasteiger partial charge in [0.2, 0.25) is 5.91 Å². The smallest absolute Gasteiger partial charge is 0.222 e. The van der Waals surface area contributed by atoms with E-state index >= 15 is 0 Å². The SMILES string of the molecule is CC1(C)CN(C(=O)CCCC2CCOCC2)CCN1. The van der Waals surface area contributed by atoms with Gasteiger partial charge in [0.05, 0.1) is 0 Å². The number of nitrogens with one attached hydrogen (secondary N) is 1. The van der Waals surface area contributed by atoms with Gasteiger partial charge in [-0.1, -0.05) is 0 Å². The summed E-state index contributed by atoms with van der Waals surface area (Å²) in [6, 6.07) is 0. The molecule has 4 heteroatoms. The van der Waals surface area contributed by atoms with Crippen LogP contribution in [0.2, 0.25) is 0 Å². The Balaban J connectivity index is 1.66. The van der Waals surface area contributed by atoms with E-state index in [4.69, 9.17) is 4.74 Å². The van der Waals surface area contributed by atoms with E-state index in [0.29, 0.717) is 12.3 Å². The van der Waals surface area contributed by atoms with Gasteiger partial charge in [-0.15, -0.1) is 0 Å². The predicted octanol–water partition coefficient (Wildman–Crippen LogP) is 1.79. The van der Waals surface area contributed by atoms with Crippen LogP contribution in [0.4, 0.5) is 0 Å². The predicted molar refractivity (Wildman–Crippen MR) is 76.1 cm³/mol. The summed E-state index contributed by atoms with van der Waals surface area (Å²) in [5, 5.41) is 3.44. The lowest BCUT2D eigenvalue weighted by atomic mass is 9.94. The first kappa shape index (κ1) is 14.8. The first-order chi connectivity index (χ1) is 9.07. The van der Waals surface area contributed by atoms with Crippen molar-refractivity contribution in [2.45, 2.75) is 51.5 Å². The maximum atomic E-state index is 12.2. The van der Waals surface area contributed by atoms with Gasteiger partial charge in [-0.2, -0.15) is 0 Å². The summed E-state index contributed by atoms with van der Waals surface area (Å²) in [7, 11) is 0. The molecule has 2 aliphatic rings. The number of ether oxygens (including phenoxy) is 1. The summed E-state index contributed by atoms with van der Waals surface area (Å²) in [5.41, 5.74) is 0.0641. The Morgan fingerprint density at radius 3 is 2.79 bits per heavy atom. The first-order valence-electron chi connectivity index (χ1n) is 7.67. The Labute approximate surface area is 116 Å². The van der Waals surface area contributed by atoms with E-state index < -0.39 is 0 Å². The molecule has 2 rings (SSSR count). The molecule has 0 saturated carbocycles. The zero-order valence-corrected chi connectivity index (χ0v) is 12.4. The molecule has 0 spiro atoms. The zero-order valence-electron chi connectivity index (χ0n) is 12.4. The van der Waals surface area contributed by atoms with Crippen LogP contribution >= 0.6 is 0 Å². The number of hydrogen-bond acceptors (Lipinski definition) is 3. The lowest BCUT2D eigenvalue weighted by Crippen LogP contribution is -2.58. The highest BCUT2D eigenvalue weighted by atomic mass is 16.5. The highest BCUT2D eigenvalue weighted by molar-refractivity contribution is 5.76. The number of carbonyl (C=O) groups is 1. The highest BCUT2D eigenvalue weighted by Gasteiger charge is 2.28. The largest absolute Gasteiger partial charge is 0.381 e. The molecule has 1 N–H and O–H groups in total. The minimum Gasteiger partial charge on any atom is -0.381 e. The van der Waals surface area contributed by atoms with Crippen molar-refractivity contribution >= 4 is 5.91 Å². The lowest BCUT2D eigenvalue weighted by Gasteiger charge is -2.39. The summed E-state index contributed by atoms with van der Waals surface area (Å²) in [6.07, 6.45) is 5.29. The molecule has 2 saturated heterocycles. The molecule has 0 unspecified atom stereocenters. The number of nitrogens with zero attached hydrogens (tertiary/aromatic N) is 1. The molecule has 110 valence electrons. The van der Waals surface area contributed by atoms with Crippen LogP contribution in [0.25, 0.3) is 0 Å². The minimum atomic E-state index is 0.0641. The van der Waals surface area contributed by atoms with Gasteiger partial charge in [0.25, 0.3) is 0 Å². The van der Waals surface area contributed by atoms with Gasteiger partial charge >= 0.3 is 0 Å². The van der Waals surface area contributed by atoms with E-state index in [2.05, 4.69) is 19.2 Å². The minimum absolute atomic E-state index is 0.0641. The third-order valence-electron chi connectivity index (χ3n) is 4.27. The van der Waals surface area contributed by atoms with Gasteiger partial charge < -0.3 is 15.0 Å². The summed E-state index contributed by atoms with van der Waals surface area (Å²) < 4.78 is 5.36. The topological polar surface area (TPSA) is 41.6 Å². The molecule has 2 fully saturated rings. The fraction of sp³-hybridized carbons (Fsp3) is 0.933. The molecule has 2 aliphatic heterocycles. The Hall–Kier alpha value is -0.610. The standard InChI is InChI=1S/C15H28N2O2/c1-15(2)12-17(9-8-16-15)14(18)5-3-4-13-6-10-19-11-7-13/h13,16H,3-12H2,1-2H3. The van der Waals surface area contributed by atoms with Gasteiger partial charge in [-0.05, 0) is 45.4 Å². The maximum Gasteiger partial charge on any atom is 0.222 e. The third kappa shape index (κ3) is 4.77. The van der Waals surface area contributed by atoms with Gasteiger partial charge in [0.1, 0.15) is 0 Å². The Morgan fingerprint density at radius 1 is 1.37 bits per heavy atom. The van der Waals surface area contributed by atoms with Gasteiger partial charge in [-0.25, -0.2) is 0 Å². The van der Waals surface area contributed by atoms with Crippen LogP contribution in [-0.2, 0) is 9.53 Å². The molecule has 0 aromatic rings. The summed E-state index contributed by atoms with van der Waals surface area (Å²) in [6.45, 7) is 8.75. The molecular weight excluding hydrogens is 240 g/mol. The molecule has 0 atom stereocenters. The van der Waals surface area contributed by atoms with Gasteiger partial charge in [0, 0.05) is 44.8 Å². The Morgan fingerprint density at radius 2 is 2.11 bits per heavy atom. The van der Waals surface area contributed by atoms with E-state index in [1.165, 1.54) is 19.3 Å². The van der Waals surface area contributed by atoms with E-state index in [9.17, 15) is 4.79 Å². The normalized spacial score (nSPS) is 24.4. The Kier molecular flexibility index (Phi) is 5.22. The monoisotopic (exact) mass is 268 g/mol. The first-order valence-corrected chi connectivity index (χ1v) is 7.67. The van der Waals surface area contributed by atoms with Gasteiger partial charge in [-0.3, -0.25) is 4.79 Å². The number of hydrogen-bond donors (Lipinski definition) is 1. The number of amides is 1. The molecule has 0 aromatic heterocycles. The second-order valence-corrected chi connectivity index (χ2v) is 6.57. The van der Waals surface area contributed by atoms with E-state index in [1.54, 1.807) is 0 Å². The van der Waals surface area contributed by atoms with Crippen LogP contribution < -0.4 is 5.32 Å². The van der Waals surface area contributed by atoms with Crippen LogP contribution in [0.15, 0.2) is 0 Å². The summed E-state index contributed by atoms with van der Waals surface area (Å²) in [4.78, 5) is 14.2. The molecule has 2 heterocycles. The maximum absolute atomic E-state index is 12.2. The van der Waals surface area contributed by atoms with Crippen molar-refractivity contribution < 1.29 is 9.53 Å². The van der Waals surface area contributed by atoms with Crippen molar-refractivity contribution in [2.75, 3.05) is 32.8 Å². The average molecular weight is 268 g/mol. The van der Waals surface area contributed by atoms with Crippen LogP contribution in [0.3, 0.4) is 0 Å². The van der Waals surface area contributed by atoms with Crippen molar-refractivity contribution in [2.24, 2.45) is 5.92 Å². The average Bonchev–Trinajstić information content (AvgIpc) is 2.38. The van der Waals surface area contributed by atoms with Crippen LogP contribution in [0.1, 0.15) is 46.0 Å². The van der Waals surface area contributed by atoms with Crippen molar-refractivity contribution in [3.63, 3.8) is 0 Å². The van der Waals surface area contributed by atoms with Crippen LogP contribution in [-0.4, -0.2) is 49.2 Å². The van der Waals surface area contributed by atoms with Gasteiger partial charge in [0.15, 0.2) is 0 Å². The van der Waals surface area contributed by atoms with Crippen molar-refractivity contribution in [1.82, 2.24) is 10.2 Å². The third-order valence-corrected chi connectivity index (χ3v) is 4.27. The zero-order chi connectivity index (χ0) is 13.7. The van der Waals surface area contributed by atoms with E-state index in [1.807, 2.05) is 4.90 Å². The molecule has 19 heavy (non-hydrogen) atoms. The van der Waals surface area contributed by atoms with Crippen molar-refractivity contribution in [1.29, 1.82) is 0 Å². The van der Waals surface area contributed by atoms with E-state index in [-0.39, 0.29) is 5.54 Å². The number of carbonyl (C=O) groups excluding carboxylic acids is 1. The summed E-state index contributed by atoms with van der Waals surface area (Å²) >= 11 is 0. The second kappa shape index (κ2) is 6.71. The summed E-state index contributed by atoms with van der Waals surface area (Å²) in [5.74, 6) is 1.11. The molecule has 0 radical (unpaired) electrons. The number of rotatable bonds is 4. The molecular formula is C15H28N2O2. The van der Waals surface area contributed by atoms with Crippen molar-refractivity contribution in [3.05, 3.63) is 0 Å². The molecule has 0 aromatic carbocycles.